The predicted octanol–water partition coefficient (Wildman–Crippen LogP) is 2.90. The summed E-state index contributed by atoms with van der Waals surface area (Å²) in [4.78, 5) is 23.9. The molecule has 0 saturated heterocycles. The molecule has 2 rings (SSSR count). The molecule has 0 saturated carbocycles. The zero-order valence-electron chi connectivity index (χ0n) is 13.6. The highest BCUT2D eigenvalue weighted by Crippen LogP contribution is 2.15. The fraction of sp³-hybridized carbons (Fsp3) is 0.222. The first kappa shape index (κ1) is 17.5. The second-order valence-electron chi connectivity index (χ2n) is 5.15. The van der Waals surface area contributed by atoms with E-state index in [0.717, 1.165) is 5.56 Å². The minimum Gasteiger partial charge on any atom is -0.494 e. The molecular formula is C18H19FN2O3. The highest BCUT2D eigenvalue weighted by Gasteiger charge is 2.10. The van der Waals surface area contributed by atoms with Crippen molar-refractivity contribution in [2.24, 2.45) is 0 Å². The number of carbonyl (C=O) groups is 2. The smallest absolute Gasteiger partial charge is 0.251 e. The number of hydrogen-bond acceptors (Lipinski definition) is 3. The number of amides is 2. The summed E-state index contributed by atoms with van der Waals surface area (Å²) in [6, 6.07) is 10.7. The Hall–Kier alpha value is -2.89. The van der Waals surface area contributed by atoms with Crippen molar-refractivity contribution < 1.29 is 18.7 Å². The number of carbonyl (C=O) groups excluding carboxylic acids is 2. The fourth-order valence-corrected chi connectivity index (χ4v) is 2.06. The number of benzene rings is 2. The minimum absolute atomic E-state index is 0.206. The SMILES string of the molecule is CCOc1ccc(C(=O)NCC(=O)Nc2cc(F)ccc2C)cc1. The number of halogens is 1. The largest absolute Gasteiger partial charge is 0.494 e. The van der Waals surface area contributed by atoms with E-state index < -0.39 is 11.7 Å². The number of nitrogens with one attached hydrogen (secondary N) is 2. The van der Waals surface area contributed by atoms with Gasteiger partial charge in [-0.05, 0) is 55.8 Å². The van der Waals surface area contributed by atoms with Crippen LogP contribution in [-0.4, -0.2) is 25.0 Å². The standard InChI is InChI=1S/C18H19FN2O3/c1-3-24-15-8-5-13(6-9-15)18(23)20-11-17(22)21-16-10-14(19)7-4-12(16)2/h4-10H,3,11H2,1-2H3,(H,20,23)(H,21,22). The van der Waals surface area contributed by atoms with Gasteiger partial charge in [-0.1, -0.05) is 6.07 Å². The molecule has 6 heteroatoms. The van der Waals surface area contributed by atoms with Crippen molar-refractivity contribution in [1.82, 2.24) is 5.32 Å². The van der Waals surface area contributed by atoms with E-state index in [4.69, 9.17) is 4.74 Å². The van der Waals surface area contributed by atoms with Gasteiger partial charge in [-0.25, -0.2) is 4.39 Å². The van der Waals surface area contributed by atoms with Crippen LogP contribution in [0.2, 0.25) is 0 Å². The molecular weight excluding hydrogens is 311 g/mol. The van der Waals surface area contributed by atoms with Crippen molar-refractivity contribution in [3.8, 4) is 5.75 Å². The number of hydrogen-bond donors (Lipinski definition) is 2. The number of ether oxygens (including phenoxy) is 1. The average molecular weight is 330 g/mol. The van der Waals surface area contributed by atoms with Gasteiger partial charge >= 0.3 is 0 Å². The Kier molecular flexibility index (Phi) is 5.89. The second kappa shape index (κ2) is 8.10. The van der Waals surface area contributed by atoms with Gasteiger partial charge in [0.05, 0.1) is 13.2 Å². The molecule has 0 aliphatic heterocycles. The molecule has 126 valence electrons. The van der Waals surface area contributed by atoms with Crippen molar-refractivity contribution in [2.75, 3.05) is 18.5 Å². The molecule has 0 spiro atoms. The van der Waals surface area contributed by atoms with Crippen LogP contribution in [0.3, 0.4) is 0 Å². The van der Waals surface area contributed by atoms with Gasteiger partial charge in [0.2, 0.25) is 5.91 Å². The number of anilines is 1. The molecule has 0 atom stereocenters. The summed E-state index contributed by atoms with van der Waals surface area (Å²) in [5, 5.41) is 5.09. The van der Waals surface area contributed by atoms with Crippen molar-refractivity contribution in [1.29, 1.82) is 0 Å². The van der Waals surface area contributed by atoms with E-state index in [2.05, 4.69) is 10.6 Å². The molecule has 0 aliphatic carbocycles. The van der Waals surface area contributed by atoms with Crippen LogP contribution in [0.15, 0.2) is 42.5 Å². The molecule has 0 fully saturated rings. The summed E-state index contributed by atoms with van der Waals surface area (Å²) < 4.78 is 18.5. The summed E-state index contributed by atoms with van der Waals surface area (Å²) in [7, 11) is 0. The molecule has 5 nitrogen and oxygen atoms in total. The molecule has 0 radical (unpaired) electrons. The van der Waals surface area contributed by atoms with Gasteiger partial charge in [-0.2, -0.15) is 0 Å². The molecule has 0 heterocycles. The highest BCUT2D eigenvalue weighted by molar-refractivity contribution is 5.99. The third-order valence-electron chi connectivity index (χ3n) is 3.31. The molecule has 0 bridgehead atoms. The van der Waals surface area contributed by atoms with Crippen LogP contribution >= 0.6 is 0 Å². The molecule has 2 N–H and O–H groups in total. The molecule has 2 aromatic rings. The van der Waals surface area contributed by atoms with E-state index in [1.165, 1.54) is 12.1 Å². The maximum atomic E-state index is 13.2. The van der Waals surface area contributed by atoms with Crippen molar-refractivity contribution in [2.45, 2.75) is 13.8 Å². The Morgan fingerprint density at radius 1 is 1.12 bits per heavy atom. The van der Waals surface area contributed by atoms with Gasteiger partial charge in [0.15, 0.2) is 0 Å². The third kappa shape index (κ3) is 4.81. The molecule has 2 amide bonds. The van der Waals surface area contributed by atoms with Crippen molar-refractivity contribution in [3.63, 3.8) is 0 Å². The topological polar surface area (TPSA) is 67.4 Å². The van der Waals surface area contributed by atoms with Gasteiger partial charge in [0.1, 0.15) is 11.6 Å². The number of aryl methyl sites for hydroxylation is 1. The first-order valence-corrected chi connectivity index (χ1v) is 7.56. The van der Waals surface area contributed by atoms with Crippen LogP contribution in [0.25, 0.3) is 0 Å². The zero-order chi connectivity index (χ0) is 17.5. The van der Waals surface area contributed by atoms with Gasteiger partial charge in [0, 0.05) is 11.3 Å². The van der Waals surface area contributed by atoms with Gasteiger partial charge in [0.25, 0.3) is 5.91 Å². The van der Waals surface area contributed by atoms with Crippen LogP contribution in [0.5, 0.6) is 5.75 Å². The normalized spacial score (nSPS) is 10.1. The number of rotatable bonds is 6. The third-order valence-corrected chi connectivity index (χ3v) is 3.31. The summed E-state index contributed by atoms with van der Waals surface area (Å²) >= 11 is 0. The molecule has 24 heavy (non-hydrogen) atoms. The Labute approximate surface area is 139 Å². The first-order chi connectivity index (χ1) is 11.5. The van der Waals surface area contributed by atoms with Crippen molar-refractivity contribution >= 4 is 17.5 Å². The lowest BCUT2D eigenvalue weighted by atomic mass is 10.2. The van der Waals surface area contributed by atoms with Crippen LogP contribution in [0, 0.1) is 12.7 Å². The Morgan fingerprint density at radius 2 is 1.83 bits per heavy atom. The first-order valence-electron chi connectivity index (χ1n) is 7.56. The lowest BCUT2D eigenvalue weighted by Crippen LogP contribution is -2.33. The molecule has 0 unspecified atom stereocenters. The summed E-state index contributed by atoms with van der Waals surface area (Å²) in [5.41, 5.74) is 1.55. The fourth-order valence-electron chi connectivity index (χ4n) is 2.06. The zero-order valence-corrected chi connectivity index (χ0v) is 13.6. The van der Waals surface area contributed by atoms with Gasteiger partial charge < -0.3 is 15.4 Å². The van der Waals surface area contributed by atoms with Crippen molar-refractivity contribution in [3.05, 3.63) is 59.4 Å². The quantitative estimate of drug-likeness (QED) is 0.856. The Balaban J connectivity index is 1.88. The average Bonchev–Trinajstić information content (AvgIpc) is 2.57. The molecule has 2 aromatic carbocycles. The molecule has 0 aliphatic rings. The van der Waals surface area contributed by atoms with Crippen LogP contribution in [0.4, 0.5) is 10.1 Å². The maximum absolute atomic E-state index is 13.2. The minimum atomic E-state index is -0.436. The van der Waals surface area contributed by atoms with Crippen LogP contribution in [0.1, 0.15) is 22.8 Å². The summed E-state index contributed by atoms with van der Waals surface area (Å²) in [6.07, 6.45) is 0. The highest BCUT2D eigenvalue weighted by atomic mass is 19.1. The molecule has 0 aromatic heterocycles. The van der Waals surface area contributed by atoms with E-state index in [0.29, 0.717) is 23.6 Å². The van der Waals surface area contributed by atoms with Gasteiger partial charge in [-0.3, -0.25) is 9.59 Å². The Bertz CT molecular complexity index is 730. The predicted molar refractivity (Wildman–Crippen MR) is 89.7 cm³/mol. The van der Waals surface area contributed by atoms with E-state index in [9.17, 15) is 14.0 Å². The van der Waals surface area contributed by atoms with E-state index >= 15 is 0 Å². The summed E-state index contributed by atoms with van der Waals surface area (Å²) in [6.45, 7) is 3.97. The van der Waals surface area contributed by atoms with E-state index in [1.54, 1.807) is 37.3 Å². The lowest BCUT2D eigenvalue weighted by Gasteiger charge is -2.10. The maximum Gasteiger partial charge on any atom is 0.251 e. The van der Waals surface area contributed by atoms with Gasteiger partial charge in [-0.15, -0.1) is 0 Å². The monoisotopic (exact) mass is 330 g/mol. The van der Waals surface area contributed by atoms with E-state index in [1.807, 2.05) is 6.92 Å². The summed E-state index contributed by atoms with van der Waals surface area (Å²) in [5.74, 6) is -0.560. The van der Waals surface area contributed by atoms with Crippen LogP contribution in [-0.2, 0) is 4.79 Å². The second-order valence-corrected chi connectivity index (χ2v) is 5.15. The Morgan fingerprint density at radius 3 is 2.50 bits per heavy atom. The lowest BCUT2D eigenvalue weighted by molar-refractivity contribution is -0.115. The van der Waals surface area contributed by atoms with E-state index in [-0.39, 0.29) is 12.5 Å². The van der Waals surface area contributed by atoms with Crippen LogP contribution < -0.4 is 15.4 Å².